The molecule has 0 spiro atoms. The zero-order valence-electron chi connectivity index (χ0n) is 37.6. The summed E-state index contributed by atoms with van der Waals surface area (Å²) in [5.74, 6) is 1.52. The van der Waals surface area contributed by atoms with Crippen LogP contribution in [0.1, 0.15) is 158 Å². The van der Waals surface area contributed by atoms with E-state index in [0.29, 0.717) is 42.5 Å². The molecule has 0 amide bonds. The Bertz CT molecular complexity index is 1840. The van der Waals surface area contributed by atoms with Crippen molar-refractivity contribution in [3.05, 3.63) is 57.8 Å². The van der Waals surface area contributed by atoms with Crippen molar-refractivity contribution in [2.75, 3.05) is 13.7 Å². The summed E-state index contributed by atoms with van der Waals surface area (Å²) < 4.78 is 6.61. The van der Waals surface area contributed by atoms with Crippen molar-refractivity contribution < 1.29 is 24.2 Å². The summed E-state index contributed by atoms with van der Waals surface area (Å²) in [5, 5.41) is 10.3. The van der Waals surface area contributed by atoms with E-state index in [4.69, 9.17) is 16.3 Å². The average Bonchev–Trinajstić information content (AvgIpc) is 3.54. The third-order valence-electron chi connectivity index (χ3n) is 18.4. The third kappa shape index (κ3) is 7.08. The van der Waals surface area contributed by atoms with Crippen LogP contribution in [0.2, 0.25) is 5.02 Å². The fraction of sp³-hybridized carbons (Fsp3) is 0.745. The number of rotatable bonds is 12. The third-order valence-corrected chi connectivity index (χ3v) is 18.6. The summed E-state index contributed by atoms with van der Waals surface area (Å²) in [6.45, 7) is 21.3. The predicted octanol–water partition coefficient (Wildman–Crippen LogP) is 12.1. The van der Waals surface area contributed by atoms with Gasteiger partial charge in [-0.25, -0.2) is 0 Å². The Kier molecular flexibility index (Phi) is 11.6. The molecular formula is C51H74ClNO5. The minimum absolute atomic E-state index is 0.0232. The monoisotopic (exact) mass is 816 g/mol. The van der Waals surface area contributed by atoms with Gasteiger partial charge in [0.1, 0.15) is 5.78 Å². The molecule has 6 aliphatic rings. The number of fused-ring (bicyclic) bond motifs is 7. The molecular weight excluding hydrogens is 742 g/mol. The Hall–Kier alpha value is -2.44. The lowest BCUT2D eigenvalue weighted by molar-refractivity contribution is -0.233. The summed E-state index contributed by atoms with van der Waals surface area (Å²) in [4.78, 5) is 40.7. The number of benzene rings is 1. The summed E-state index contributed by atoms with van der Waals surface area (Å²) in [7, 11) is 2.29. The van der Waals surface area contributed by atoms with Gasteiger partial charge in [0.2, 0.25) is 0 Å². The highest BCUT2D eigenvalue weighted by Gasteiger charge is 2.70. The molecule has 1 N–H and O–H groups in total. The smallest absolute Gasteiger partial charge is 0.309 e. The Morgan fingerprint density at radius 3 is 2.31 bits per heavy atom. The van der Waals surface area contributed by atoms with Gasteiger partial charge in [-0.05, 0) is 154 Å². The number of carbonyl (C=O) groups excluding carboxylic acids is 2. The number of ether oxygens (including phenoxy) is 1. The topological polar surface area (TPSA) is 83.9 Å². The molecule has 9 atom stereocenters. The summed E-state index contributed by atoms with van der Waals surface area (Å²) >= 11 is 6.20. The maximum atomic E-state index is 13.7. The molecule has 58 heavy (non-hydrogen) atoms. The number of carbonyl (C=O) groups is 3. The van der Waals surface area contributed by atoms with Crippen LogP contribution < -0.4 is 0 Å². The van der Waals surface area contributed by atoms with Gasteiger partial charge in [0.15, 0.2) is 5.78 Å². The first-order valence-corrected chi connectivity index (χ1v) is 23.3. The van der Waals surface area contributed by atoms with E-state index >= 15 is 0 Å². The lowest BCUT2D eigenvalue weighted by Crippen LogP contribution is -2.66. The second-order valence-corrected chi connectivity index (χ2v) is 22.7. The van der Waals surface area contributed by atoms with Crippen molar-refractivity contribution in [2.45, 2.75) is 171 Å². The molecule has 7 rings (SSSR count). The second kappa shape index (κ2) is 15.5. The standard InChI is InChI=1S/C51H74ClNO5/c1-32(2)38-19-25-51(42-30-37(55)29-35(53(42)10)16-13-33-11-14-34(52)15-12-33)27-26-49(8)39(44(38)51)17-18-41-48(7)23-21-43(47(5,6)40(48)20-24-50(41,49)9)58-28-22-36(54)31-46(3,4)45(56)57/h11-12,14-15,30,32,35,39-41,43H,13,16-29,31H2,1-10H3,(H,56,57). The first-order chi connectivity index (χ1) is 27.1. The predicted molar refractivity (Wildman–Crippen MR) is 233 cm³/mol. The lowest BCUT2D eigenvalue weighted by atomic mass is 9.33. The van der Waals surface area contributed by atoms with Crippen LogP contribution in [-0.4, -0.2) is 53.3 Å². The van der Waals surface area contributed by atoms with E-state index in [-0.39, 0.29) is 57.8 Å². The van der Waals surface area contributed by atoms with Gasteiger partial charge in [-0.15, -0.1) is 0 Å². The number of carboxylic acids is 1. The number of ketones is 2. The largest absolute Gasteiger partial charge is 0.481 e. The zero-order chi connectivity index (χ0) is 42.2. The zero-order valence-corrected chi connectivity index (χ0v) is 38.3. The highest BCUT2D eigenvalue weighted by Crippen LogP contribution is 2.77. The van der Waals surface area contributed by atoms with Crippen LogP contribution >= 0.6 is 11.6 Å². The van der Waals surface area contributed by atoms with Crippen LogP contribution in [-0.2, 0) is 25.5 Å². The number of hydrogen-bond donors (Lipinski definition) is 1. The molecule has 1 aromatic rings. The molecule has 0 saturated heterocycles. The first kappa shape index (κ1) is 43.6. The Labute approximate surface area is 355 Å². The van der Waals surface area contributed by atoms with Crippen LogP contribution in [0.15, 0.2) is 47.2 Å². The van der Waals surface area contributed by atoms with E-state index in [1.807, 2.05) is 12.1 Å². The summed E-state index contributed by atoms with van der Waals surface area (Å²) in [5.41, 5.74) is 5.49. The fourth-order valence-electron chi connectivity index (χ4n) is 14.9. The Morgan fingerprint density at radius 2 is 1.64 bits per heavy atom. The number of aryl methyl sites for hydroxylation is 1. The molecule has 0 bridgehead atoms. The van der Waals surface area contributed by atoms with Crippen molar-refractivity contribution in [2.24, 2.45) is 56.2 Å². The van der Waals surface area contributed by atoms with E-state index in [0.717, 1.165) is 50.0 Å². The van der Waals surface area contributed by atoms with Gasteiger partial charge in [-0.3, -0.25) is 14.4 Å². The van der Waals surface area contributed by atoms with Gasteiger partial charge in [-0.1, -0.05) is 83.3 Å². The molecule has 320 valence electrons. The minimum atomic E-state index is -1.05. The highest BCUT2D eigenvalue weighted by atomic mass is 35.5. The summed E-state index contributed by atoms with van der Waals surface area (Å²) in [6, 6.07) is 8.40. The Balaban J connectivity index is 1.12. The average molecular weight is 817 g/mol. The van der Waals surface area contributed by atoms with Crippen molar-refractivity contribution in [1.29, 1.82) is 0 Å². The fourth-order valence-corrected chi connectivity index (χ4v) is 15.1. The molecule has 1 aliphatic heterocycles. The number of allylic oxidation sites excluding steroid dienone is 3. The van der Waals surface area contributed by atoms with Gasteiger partial charge in [-0.2, -0.15) is 0 Å². The van der Waals surface area contributed by atoms with Gasteiger partial charge < -0.3 is 14.7 Å². The van der Waals surface area contributed by atoms with Gasteiger partial charge >= 0.3 is 5.97 Å². The maximum Gasteiger partial charge on any atom is 0.309 e. The van der Waals surface area contributed by atoms with E-state index in [1.165, 1.54) is 43.4 Å². The first-order valence-electron chi connectivity index (χ1n) is 22.9. The van der Waals surface area contributed by atoms with Crippen molar-refractivity contribution >= 4 is 29.1 Å². The van der Waals surface area contributed by atoms with Gasteiger partial charge in [0.25, 0.3) is 0 Å². The molecule has 4 fully saturated rings. The van der Waals surface area contributed by atoms with Gasteiger partial charge in [0.05, 0.1) is 18.1 Å². The SMILES string of the molecule is CC(C)C1=C2C3CCC4C5(C)CCC(OCCC(=O)CC(C)(C)C(=O)O)C(C)(C)C5CCC4(C)C3(C)CCC2(C2=CC(=O)CC(CCc3ccc(Cl)cc3)N2C)CC1. The number of carboxylic acid groups (broad SMARTS) is 1. The molecule has 6 nitrogen and oxygen atoms in total. The molecule has 1 heterocycles. The normalized spacial score (nSPS) is 37.2. The Morgan fingerprint density at radius 1 is 0.931 bits per heavy atom. The van der Waals surface area contributed by atoms with E-state index in [1.54, 1.807) is 25.0 Å². The van der Waals surface area contributed by atoms with Crippen LogP contribution in [0.25, 0.3) is 0 Å². The lowest BCUT2D eigenvalue weighted by Gasteiger charge is -2.72. The number of nitrogens with zero attached hydrogens (tertiary/aromatic N) is 1. The van der Waals surface area contributed by atoms with Crippen molar-refractivity contribution in [3.8, 4) is 0 Å². The number of hydrogen-bond acceptors (Lipinski definition) is 5. The van der Waals surface area contributed by atoms with E-state index in [9.17, 15) is 19.5 Å². The molecule has 9 unspecified atom stereocenters. The van der Waals surface area contributed by atoms with Crippen molar-refractivity contribution in [1.82, 2.24) is 4.90 Å². The molecule has 4 saturated carbocycles. The second-order valence-electron chi connectivity index (χ2n) is 22.3. The molecule has 1 aromatic carbocycles. The summed E-state index contributed by atoms with van der Waals surface area (Å²) in [6.07, 6.45) is 16.6. The van der Waals surface area contributed by atoms with Gasteiger partial charge in [0, 0.05) is 54.6 Å². The minimum Gasteiger partial charge on any atom is -0.481 e. The molecule has 0 radical (unpaired) electrons. The van der Waals surface area contributed by atoms with Crippen molar-refractivity contribution in [3.63, 3.8) is 0 Å². The number of halogens is 1. The molecule has 0 aromatic heterocycles. The number of aliphatic carboxylic acids is 1. The van der Waals surface area contributed by atoms with Crippen LogP contribution in [0, 0.1) is 56.2 Å². The van der Waals surface area contributed by atoms with E-state index in [2.05, 4.69) is 78.6 Å². The molecule has 7 heteroatoms. The number of Topliss-reactive ketones (excluding diaryl/α,β-unsaturated/α-hetero) is 1. The van der Waals surface area contributed by atoms with Crippen LogP contribution in [0.5, 0.6) is 0 Å². The molecule has 5 aliphatic carbocycles. The van der Waals surface area contributed by atoms with Crippen LogP contribution in [0.4, 0.5) is 0 Å². The quantitative estimate of drug-likeness (QED) is 0.212. The highest BCUT2D eigenvalue weighted by molar-refractivity contribution is 6.30. The maximum absolute atomic E-state index is 13.7. The van der Waals surface area contributed by atoms with E-state index < -0.39 is 11.4 Å². The van der Waals surface area contributed by atoms with Crippen LogP contribution in [0.3, 0.4) is 0 Å².